The molecule has 4 aliphatic rings. The van der Waals surface area contributed by atoms with Crippen molar-refractivity contribution in [3.8, 4) is 0 Å². The Hall–Kier alpha value is -1.65. The number of aromatic nitrogens is 2. The summed E-state index contributed by atoms with van der Waals surface area (Å²) in [6.45, 7) is 0.839. The van der Waals surface area contributed by atoms with Gasteiger partial charge in [-0.05, 0) is 61.7 Å². The van der Waals surface area contributed by atoms with Crippen LogP contribution in [-0.2, 0) is 0 Å². The molecule has 0 radical (unpaired) electrons. The molecule has 0 atom stereocenters. The standard InChI is InChI=1S/C17H24N4O/c1-21(16(22)14-15(18)20-3-2-19-14)10-17-7-11-4-12(8-17)6-13(5-11)9-17/h2-3,11-13H,4-10H2,1H3,(H2,18,20). The van der Waals surface area contributed by atoms with E-state index in [2.05, 4.69) is 9.97 Å². The van der Waals surface area contributed by atoms with E-state index in [1.165, 1.54) is 50.9 Å². The number of rotatable bonds is 3. The predicted octanol–water partition coefficient (Wildman–Crippen LogP) is 2.35. The van der Waals surface area contributed by atoms with Crippen molar-refractivity contribution in [3.05, 3.63) is 18.1 Å². The molecule has 5 rings (SSSR count). The van der Waals surface area contributed by atoms with Crippen LogP contribution in [0.25, 0.3) is 0 Å². The second kappa shape index (κ2) is 4.93. The van der Waals surface area contributed by atoms with Crippen LogP contribution in [0.3, 0.4) is 0 Å². The zero-order chi connectivity index (χ0) is 15.3. The minimum absolute atomic E-state index is 0.0960. The van der Waals surface area contributed by atoms with Crippen molar-refractivity contribution in [1.82, 2.24) is 14.9 Å². The SMILES string of the molecule is CN(CC12CC3CC(CC(C3)C1)C2)C(=O)c1nccnc1N. The van der Waals surface area contributed by atoms with E-state index in [-0.39, 0.29) is 17.4 Å². The second-order valence-electron chi connectivity index (χ2n) is 7.87. The maximum atomic E-state index is 12.6. The van der Waals surface area contributed by atoms with Crippen LogP contribution in [0.1, 0.15) is 49.0 Å². The Kier molecular flexibility index (Phi) is 3.13. The highest BCUT2D eigenvalue weighted by atomic mass is 16.2. The average Bonchev–Trinajstić information content (AvgIpc) is 2.45. The first kappa shape index (κ1) is 14.0. The maximum absolute atomic E-state index is 12.6. The summed E-state index contributed by atoms with van der Waals surface area (Å²) in [6, 6.07) is 0. The van der Waals surface area contributed by atoms with E-state index >= 15 is 0 Å². The van der Waals surface area contributed by atoms with Gasteiger partial charge in [0.05, 0.1) is 0 Å². The molecule has 118 valence electrons. The summed E-state index contributed by atoms with van der Waals surface area (Å²) in [5.74, 6) is 2.83. The van der Waals surface area contributed by atoms with E-state index in [0.717, 1.165) is 24.3 Å². The van der Waals surface area contributed by atoms with Crippen LogP contribution in [0.4, 0.5) is 5.82 Å². The summed E-state index contributed by atoms with van der Waals surface area (Å²) < 4.78 is 0. The van der Waals surface area contributed by atoms with E-state index in [1.54, 1.807) is 0 Å². The first-order valence-corrected chi connectivity index (χ1v) is 8.37. The smallest absolute Gasteiger partial charge is 0.276 e. The molecular weight excluding hydrogens is 276 g/mol. The van der Waals surface area contributed by atoms with E-state index in [1.807, 2.05) is 11.9 Å². The molecule has 5 nitrogen and oxygen atoms in total. The molecule has 1 amide bonds. The molecule has 0 spiro atoms. The average molecular weight is 300 g/mol. The highest BCUT2D eigenvalue weighted by Gasteiger charge is 2.51. The van der Waals surface area contributed by atoms with Crippen LogP contribution in [-0.4, -0.2) is 34.4 Å². The van der Waals surface area contributed by atoms with Gasteiger partial charge in [0.2, 0.25) is 0 Å². The largest absolute Gasteiger partial charge is 0.382 e. The number of carbonyl (C=O) groups is 1. The number of amides is 1. The third-order valence-corrected chi connectivity index (χ3v) is 6.01. The van der Waals surface area contributed by atoms with Crippen molar-refractivity contribution in [2.75, 3.05) is 19.3 Å². The molecule has 4 saturated carbocycles. The van der Waals surface area contributed by atoms with Crippen molar-refractivity contribution in [3.63, 3.8) is 0 Å². The first-order chi connectivity index (χ1) is 10.5. The van der Waals surface area contributed by atoms with Gasteiger partial charge in [0, 0.05) is 26.0 Å². The lowest BCUT2D eigenvalue weighted by Crippen LogP contribution is -2.51. The van der Waals surface area contributed by atoms with Crippen molar-refractivity contribution < 1.29 is 4.79 Å². The molecule has 22 heavy (non-hydrogen) atoms. The third-order valence-electron chi connectivity index (χ3n) is 6.01. The third kappa shape index (κ3) is 2.27. The number of carbonyl (C=O) groups excluding carboxylic acids is 1. The summed E-state index contributed by atoms with van der Waals surface area (Å²) in [5, 5.41) is 0. The fourth-order valence-electron chi connectivity index (χ4n) is 5.75. The van der Waals surface area contributed by atoms with Gasteiger partial charge in [-0.25, -0.2) is 9.97 Å². The van der Waals surface area contributed by atoms with Gasteiger partial charge in [0.1, 0.15) is 0 Å². The van der Waals surface area contributed by atoms with E-state index < -0.39 is 0 Å². The van der Waals surface area contributed by atoms with Gasteiger partial charge in [-0.15, -0.1) is 0 Å². The molecule has 1 heterocycles. The highest BCUT2D eigenvalue weighted by molar-refractivity contribution is 5.96. The van der Waals surface area contributed by atoms with Gasteiger partial charge in [-0.1, -0.05) is 0 Å². The summed E-state index contributed by atoms with van der Waals surface area (Å²) in [6.07, 6.45) is 11.2. The van der Waals surface area contributed by atoms with Gasteiger partial charge < -0.3 is 10.6 Å². The zero-order valence-corrected chi connectivity index (χ0v) is 13.2. The Bertz CT molecular complexity index is 565. The van der Waals surface area contributed by atoms with Crippen LogP contribution in [0, 0.1) is 23.2 Å². The van der Waals surface area contributed by atoms with Crippen molar-refractivity contribution in [2.24, 2.45) is 23.2 Å². The van der Waals surface area contributed by atoms with Crippen molar-refractivity contribution in [1.29, 1.82) is 0 Å². The number of nitrogens with two attached hydrogens (primary N) is 1. The normalized spacial score (nSPS) is 35.6. The van der Waals surface area contributed by atoms with Crippen LogP contribution >= 0.6 is 0 Å². The monoisotopic (exact) mass is 300 g/mol. The molecule has 0 unspecified atom stereocenters. The molecule has 5 heteroatoms. The maximum Gasteiger partial charge on any atom is 0.276 e. The van der Waals surface area contributed by atoms with Crippen molar-refractivity contribution >= 4 is 11.7 Å². The lowest BCUT2D eigenvalue weighted by Gasteiger charge is -2.57. The molecule has 1 aromatic rings. The topological polar surface area (TPSA) is 72.1 Å². The Labute approximate surface area is 131 Å². The van der Waals surface area contributed by atoms with Gasteiger partial charge >= 0.3 is 0 Å². The number of hydrogen-bond donors (Lipinski definition) is 1. The van der Waals surface area contributed by atoms with Crippen molar-refractivity contribution in [2.45, 2.75) is 38.5 Å². The number of nitrogen functional groups attached to an aromatic ring is 1. The zero-order valence-electron chi connectivity index (χ0n) is 13.2. The summed E-state index contributed by atoms with van der Waals surface area (Å²) in [4.78, 5) is 22.6. The van der Waals surface area contributed by atoms with Gasteiger partial charge in [0.15, 0.2) is 11.5 Å². The van der Waals surface area contributed by atoms with Gasteiger partial charge in [-0.2, -0.15) is 0 Å². The Morgan fingerprint density at radius 2 is 1.73 bits per heavy atom. The molecule has 4 bridgehead atoms. The lowest BCUT2D eigenvalue weighted by molar-refractivity contribution is -0.0629. The minimum Gasteiger partial charge on any atom is -0.382 e. The summed E-state index contributed by atoms with van der Waals surface area (Å²) in [5.41, 5.74) is 6.43. The molecule has 0 aromatic carbocycles. The number of anilines is 1. The molecular formula is C17H24N4O. The fraction of sp³-hybridized carbons (Fsp3) is 0.706. The summed E-state index contributed by atoms with van der Waals surface area (Å²) >= 11 is 0. The molecule has 0 saturated heterocycles. The molecule has 4 aliphatic carbocycles. The van der Waals surface area contributed by atoms with E-state index in [0.29, 0.717) is 5.41 Å². The van der Waals surface area contributed by atoms with E-state index in [9.17, 15) is 4.79 Å². The van der Waals surface area contributed by atoms with Gasteiger partial charge in [-0.3, -0.25) is 4.79 Å². The quantitative estimate of drug-likeness (QED) is 0.930. The van der Waals surface area contributed by atoms with E-state index in [4.69, 9.17) is 5.73 Å². The lowest BCUT2D eigenvalue weighted by atomic mass is 9.49. The predicted molar refractivity (Wildman–Crippen MR) is 84.0 cm³/mol. The molecule has 1 aromatic heterocycles. The van der Waals surface area contributed by atoms with Crippen LogP contribution in [0.2, 0.25) is 0 Å². The Morgan fingerprint density at radius 1 is 1.18 bits per heavy atom. The Morgan fingerprint density at radius 3 is 2.27 bits per heavy atom. The first-order valence-electron chi connectivity index (χ1n) is 8.37. The van der Waals surface area contributed by atoms with Crippen LogP contribution in [0.15, 0.2) is 12.4 Å². The highest BCUT2D eigenvalue weighted by Crippen LogP contribution is 2.60. The molecule has 4 fully saturated rings. The second-order valence-corrected chi connectivity index (χ2v) is 7.87. The number of hydrogen-bond acceptors (Lipinski definition) is 4. The minimum atomic E-state index is -0.0960. The summed E-state index contributed by atoms with van der Waals surface area (Å²) in [7, 11) is 1.88. The van der Waals surface area contributed by atoms with Gasteiger partial charge in [0.25, 0.3) is 5.91 Å². The fourth-order valence-corrected chi connectivity index (χ4v) is 5.75. The Balaban J connectivity index is 1.51. The van der Waals surface area contributed by atoms with Crippen LogP contribution < -0.4 is 5.73 Å². The molecule has 0 aliphatic heterocycles. The number of nitrogens with zero attached hydrogens (tertiary/aromatic N) is 3. The van der Waals surface area contributed by atoms with Crippen LogP contribution in [0.5, 0.6) is 0 Å². The molecule has 2 N–H and O–H groups in total.